The molecular weight excluding hydrogens is 273 g/mol. The molecule has 0 bridgehead atoms. The Kier molecular flexibility index (Phi) is 4.81. The van der Waals surface area contributed by atoms with E-state index in [1.807, 2.05) is 0 Å². The summed E-state index contributed by atoms with van der Waals surface area (Å²) in [6.07, 6.45) is -1.49. The number of hydrogen-bond donors (Lipinski definition) is 1. The van der Waals surface area contributed by atoms with Gasteiger partial charge in [0, 0.05) is 0 Å². The van der Waals surface area contributed by atoms with Crippen LogP contribution in [0.1, 0.15) is 39.4 Å². The van der Waals surface area contributed by atoms with Gasteiger partial charge >= 0.3 is 5.97 Å². The lowest BCUT2D eigenvalue weighted by atomic mass is 9.97. The number of carbonyl (C=O) groups excluding carboxylic acids is 1. The lowest BCUT2D eigenvalue weighted by Crippen LogP contribution is -2.30. The van der Waals surface area contributed by atoms with Crippen LogP contribution in [-0.4, -0.2) is 16.7 Å². The summed E-state index contributed by atoms with van der Waals surface area (Å²) < 4.78 is 44.1. The maximum atomic E-state index is 13.1. The fourth-order valence-corrected chi connectivity index (χ4v) is 1.56. The molecule has 0 aliphatic rings. The number of rotatable bonds is 3. The van der Waals surface area contributed by atoms with Gasteiger partial charge in [0.1, 0.15) is 5.60 Å². The third-order valence-electron chi connectivity index (χ3n) is 2.60. The third-order valence-corrected chi connectivity index (χ3v) is 2.60. The van der Waals surface area contributed by atoms with Gasteiger partial charge in [0.15, 0.2) is 17.5 Å². The first-order valence-electron chi connectivity index (χ1n) is 6.08. The highest BCUT2D eigenvalue weighted by molar-refractivity contribution is 5.73. The zero-order valence-corrected chi connectivity index (χ0v) is 11.7. The van der Waals surface area contributed by atoms with Crippen molar-refractivity contribution in [3.8, 4) is 0 Å². The minimum atomic E-state index is -1.62. The summed E-state index contributed by atoms with van der Waals surface area (Å²) in [6.45, 7) is 6.32. The van der Waals surface area contributed by atoms with Crippen molar-refractivity contribution < 1.29 is 27.8 Å². The van der Waals surface area contributed by atoms with Crippen LogP contribution in [0.15, 0.2) is 12.1 Å². The van der Waals surface area contributed by atoms with Crippen LogP contribution >= 0.6 is 0 Å². The zero-order chi connectivity index (χ0) is 15.7. The van der Waals surface area contributed by atoms with Gasteiger partial charge < -0.3 is 9.84 Å². The normalized spacial score (nSPS) is 14.8. The predicted molar refractivity (Wildman–Crippen MR) is 66.3 cm³/mol. The van der Waals surface area contributed by atoms with Gasteiger partial charge in [-0.1, -0.05) is 0 Å². The molecule has 1 aromatic rings. The van der Waals surface area contributed by atoms with E-state index in [-0.39, 0.29) is 5.56 Å². The Labute approximate surface area is 115 Å². The van der Waals surface area contributed by atoms with Crippen LogP contribution in [0.5, 0.6) is 0 Å². The van der Waals surface area contributed by atoms with Gasteiger partial charge in [-0.3, -0.25) is 4.79 Å². The summed E-state index contributed by atoms with van der Waals surface area (Å²) in [5.41, 5.74) is -0.968. The largest absolute Gasteiger partial charge is 0.460 e. The summed E-state index contributed by atoms with van der Waals surface area (Å²) in [5.74, 6) is -6.22. The average molecular weight is 290 g/mol. The molecule has 20 heavy (non-hydrogen) atoms. The first-order chi connectivity index (χ1) is 9.03. The van der Waals surface area contributed by atoms with Crippen LogP contribution in [0.3, 0.4) is 0 Å². The lowest BCUT2D eigenvalue weighted by molar-refractivity contribution is -0.163. The van der Waals surface area contributed by atoms with Crippen molar-refractivity contribution in [2.24, 2.45) is 5.92 Å². The van der Waals surface area contributed by atoms with Crippen molar-refractivity contribution in [1.29, 1.82) is 0 Å². The third kappa shape index (κ3) is 3.96. The lowest BCUT2D eigenvalue weighted by Gasteiger charge is -2.24. The Hall–Kier alpha value is -1.56. The molecule has 112 valence electrons. The molecule has 1 aromatic carbocycles. The summed E-state index contributed by atoms with van der Waals surface area (Å²) in [4.78, 5) is 11.8. The number of esters is 1. The molecule has 0 fully saturated rings. The molecular formula is C14H17F3O3. The van der Waals surface area contributed by atoms with E-state index in [9.17, 15) is 23.1 Å². The molecule has 1 rings (SSSR count). The molecule has 2 atom stereocenters. The van der Waals surface area contributed by atoms with E-state index in [0.717, 1.165) is 0 Å². The van der Waals surface area contributed by atoms with E-state index < -0.39 is 41.0 Å². The van der Waals surface area contributed by atoms with Gasteiger partial charge in [-0.05, 0) is 45.4 Å². The van der Waals surface area contributed by atoms with Crippen LogP contribution in [0.4, 0.5) is 13.2 Å². The van der Waals surface area contributed by atoms with E-state index in [1.165, 1.54) is 6.92 Å². The Balaban J connectivity index is 2.95. The van der Waals surface area contributed by atoms with Crippen molar-refractivity contribution in [3.63, 3.8) is 0 Å². The van der Waals surface area contributed by atoms with Crippen LogP contribution in [0, 0.1) is 23.4 Å². The van der Waals surface area contributed by atoms with Crippen molar-refractivity contribution in [2.45, 2.75) is 39.4 Å². The highest BCUT2D eigenvalue weighted by Gasteiger charge is 2.29. The number of halogens is 3. The summed E-state index contributed by atoms with van der Waals surface area (Å²) in [6, 6.07) is 1.31. The summed E-state index contributed by atoms with van der Waals surface area (Å²) in [7, 11) is 0. The monoisotopic (exact) mass is 290 g/mol. The van der Waals surface area contributed by atoms with Crippen molar-refractivity contribution in [2.75, 3.05) is 0 Å². The number of carbonyl (C=O) groups is 1. The molecule has 3 nitrogen and oxygen atoms in total. The highest BCUT2D eigenvalue weighted by atomic mass is 19.2. The van der Waals surface area contributed by atoms with Crippen LogP contribution in [0.2, 0.25) is 0 Å². The predicted octanol–water partition coefficient (Wildman–Crippen LogP) is 3.12. The fraction of sp³-hybridized carbons (Fsp3) is 0.500. The number of aliphatic hydroxyl groups is 1. The van der Waals surface area contributed by atoms with Crippen molar-refractivity contribution in [1.82, 2.24) is 0 Å². The average Bonchev–Trinajstić information content (AvgIpc) is 2.31. The van der Waals surface area contributed by atoms with Gasteiger partial charge in [0.2, 0.25) is 0 Å². The van der Waals surface area contributed by atoms with Crippen molar-refractivity contribution >= 4 is 5.97 Å². The van der Waals surface area contributed by atoms with Gasteiger partial charge in [-0.15, -0.1) is 0 Å². The molecule has 0 amide bonds. The maximum Gasteiger partial charge on any atom is 0.312 e. The molecule has 1 N–H and O–H groups in total. The van der Waals surface area contributed by atoms with E-state index in [1.54, 1.807) is 20.8 Å². The Morgan fingerprint density at radius 3 is 2.05 bits per heavy atom. The molecule has 0 radical (unpaired) electrons. The van der Waals surface area contributed by atoms with Crippen LogP contribution in [0.25, 0.3) is 0 Å². The van der Waals surface area contributed by atoms with Crippen molar-refractivity contribution in [3.05, 3.63) is 35.1 Å². The number of aliphatic hydroxyl groups excluding tert-OH is 1. The molecule has 2 unspecified atom stereocenters. The topological polar surface area (TPSA) is 46.5 Å². The quantitative estimate of drug-likeness (QED) is 0.687. The zero-order valence-electron chi connectivity index (χ0n) is 11.7. The van der Waals surface area contributed by atoms with Crippen LogP contribution < -0.4 is 0 Å². The molecule has 0 aliphatic heterocycles. The molecule has 0 saturated heterocycles. The Bertz CT molecular complexity index is 486. The molecule has 0 spiro atoms. The van der Waals surface area contributed by atoms with Gasteiger partial charge in [0.05, 0.1) is 12.0 Å². The number of hydrogen-bond acceptors (Lipinski definition) is 3. The summed E-state index contributed by atoms with van der Waals surface area (Å²) in [5, 5.41) is 9.94. The SMILES string of the molecule is CC(C(=O)OC(C)(C)C)C(O)c1cc(F)c(F)c(F)c1. The second-order valence-electron chi connectivity index (χ2n) is 5.57. The second-order valence-corrected chi connectivity index (χ2v) is 5.57. The molecule has 0 heterocycles. The standard InChI is InChI=1S/C14H17F3O3/c1-7(13(19)20-14(2,3)4)12(18)8-5-9(15)11(17)10(16)6-8/h5-7,12,18H,1-4H3. The van der Waals surface area contributed by atoms with Gasteiger partial charge in [-0.25, -0.2) is 13.2 Å². The molecule has 6 heteroatoms. The van der Waals surface area contributed by atoms with Gasteiger partial charge in [-0.2, -0.15) is 0 Å². The fourth-order valence-electron chi connectivity index (χ4n) is 1.56. The highest BCUT2D eigenvalue weighted by Crippen LogP contribution is 2.27. The van der Waals surface area contributed by atoms with E-state index in [0.29, 0.717) is 12.1 Å². The molecule has 0 aromatic heterocycles. The maximum absolute atomic E-state index is 13.1. The summed E-state index contributed by atoms with van der Waals surface area (Å²) >= 11 is 0. The van der Waals surface area contributed by atoms with E-state index in [4.69, 9.17) is 4.74 Å². The minimum absolute atomic E-state index is 0.222. The van der Waals surface area contributed by atoms with E-state index >= 15 is 0 Å². The molecule has 0 saturated carbocycles. The Morgan fingerprint density at radius 1 is 1.20 bits per heavy atom. The first-order valence-corrected chi connectivity index (χ1v) is 6.08. The number of benzene rings is 1. The minimum Gasteiger partial charge on any atom is -0.460 e. The first kappa shape index (κ1) is 16.5. The van der Waals surface area contributed by atoms with E-state index in [2.05, 4.69) is 0 Å². The van der Waals surface area contributed by atoms with Gasteiger partial charge in [0.25, 0.3) is 0 Å². The Morgan fingerprint density at radius 2 is 1.65 bits per heavy atom. The number of ether oxygens (including phenoxy) is 1. The van der Waals surface area contributed by atoms with Crippen LogP contribution in [-0.2, 0) is 9.53 Å². The smallest absolute Gasteiger partial charge is 0.312 e. The second kappa shape index (κ2) is 5.83. The molecule has 0 aliphatic carbocycles.